The average Bonchev–Trinajstić information content (AvgIpc) is 2.62. The van der Waals surface area contributed by atoms with Crippen LogP contribution >= 0.6 is 11.8 Å². The van der Waals surface area contributed by atoms with Gasteiger partial charge >= 0.3 is 0 Å². The molecule has 132 valence electrons. The molecule has 0 unspecified atom stereocenters. The molecule has 5 heteroatoms. The summed E-state index contributed by atoms with van der Waals surface area (Å²) >= 11 is 1.50. The Morgan fingerprint density at radius 3 is 2.69 bits per heavy atom. The monoisotopic (exact) mass is 363 g/mol. The fraction of sp³-hybridized carbons (Fsp3) is 0.190. The number of hydrogen-bond acceptors (Lipinski definition) is 4. The molecule has 26 heavy (non-hydrogen) atoms. The van der Waals surface area contributed by atoms with E-state index in [1.54, 1.807) is 6.21 Å². The van der Waals surface area contributed by atoms with Gasteiger partial charge in [-0.25, -0.2) is 5.43 Å². The number of hydrazone groups is 1. The highest BCUT2D eigenvalue weighted by atomic mass is 32.2. The van der Waals surface area contributed by atoms with Gasteiger partial charge in [-0.15, -0.1) is 11.8 Å². The number of pyridine rings is 1. The molecule has 0 atom stereocenters. The number of rotatable bonds is 5. The number of para-hydroxylation sites is 1. The van der Waals surface area contributed by atoms with Crippen LogP contribution in [0.3, 0.4) is 0 Å². The number of aryl methyl sites for hydroxylation is 3. The average molecular weight is 363 g/mol. The minimum Gasteiger partial charge on any atom is -0.272 e. The predicted molar refractivity (Wildman–Crippen MR) is 109 cm³/mol. The summed E-state index contributed by atoms with van der Waals surface area (Å²) in [5.41, 5.74) is 7.81. The van der Waals surface area contributed by atoms with Crippen molar-refractivity contribution in [3.8, 4) is 0 Å². The van der Waals surface area contributed by atoms with Crippen LogP contribution in [0.2, 0.25) is 0 Å². The van der Waals surface area contributed by atoms with Crippen LogP contribution in [0.5, 0.6) is 0 Å². The summed E-state index contributed by atoms with van der Waals surface area (Å²) < 4.78 is 0. The van der Waals surface area contributed by atoms with E-state index in [9.17, 15) is 4.79 Å². The Hall–Kier alpha value is -2.66. The van der Waals surface area contributed by atoms with Crippen molar-refractivity contribution >= 4 is 34.8 Å². The maximum atomic E-state index is 12.1. The van der Waals surface area contributed by atoms with E-state index in [-0.39, 0.29) is 5.91 Å². The van der Waals surface area contributed by atoms with Gasteiger partial charge in [0.25, 0.3) is 0 Å². The van der Waals surface area contributed by atoms with E-state index < -0.39 is 0 Å². The fourth-order valence-electron chi connectivity index (χ4n) is 2.61. The Labute approximate surface area is 157 Å². The highest BCUT2D eigenvalue weighted by molar-refractivity contribution is 8.00. The summed E-state index contributed by atoms with van der Waals surface area (Å²) in [6, 6.07) is 16.1. The summed E-state index contributed by atoms with van der Waals surface area (Å²) in [6.45, 7) is 6.06. The van der Waals surface area contributed by atoms with Gasteiger partial charge in [0.15, 0.2) is 0 Å². The van der Waals surface area contributed by atoms with Crippen LogP contribution in [0.15, 0.2) is 58.5 Å². The molecule has 1 N–H and O–H groups in total. The van der Waals surface area contributed by atoms with Crippen LogP contribution in [-0.2, 0) is 4.79 Å². The van der Waals surface area contributed by atoms with Crippen LogP contribution < -0.4 is 5.43 Å². The van der Waals surface area contributed by atoms with Crippen molar-refractivity contribution in [3.63, 3.8) is 0 Å². The molecule has 1 heterocycles. The number of nitrogens with one attached hydrogen (secondary N) is 1. The minimum atomic E-state index is -0.131. The lowest BCUT2D eigenvalue weighted by Gasteiger charge is -2.09. The van der Waals surface area contributed by atoms with E-state index in [0.717, 1.165) is 32.6 Å². The number of fused-ring (bicyclic) bond motifs is 1. The third-order valence-corrected chi connectivity index (χ3v) is 5.03. The van der Waals surface area contributed by atoms with E-state index in [0.29, 0.717) is 5.75 Å². The molecule has 0 aliphatic carbocycles. The first-order valence-corrected chi connectivity index (χ1v) is 9.40. The van der Waals surface area contributed by atoms with Gasteiger partial charge in [-0.1, -0.05) is 48.0 Å². The molecule has 1 amide bonds. The van der Waals surface area contributed by atoms with Crippen molar-refractivity contribution in [2.75, 3.05) is 5.75 Å². The Morgan fingerprint density at radius 2 is 1.92 bits per heavy atom. The van der Waals surface area contributed by atoms with Crippen LogP contribution in [0.1, 0.15) is 22.4 Å². The first-order valence-electron chi connectivity index (χ1n) is 8.41. The third kappa shape index (κ3) is 4.49. The number of aromatic nitrogens is 1. The molecular weight excluding hydrogens is 342 g/mol. The molecular formula is C21H21N3OS. The second-order valence-corrected chi connectivity index (χ2v) is 7.24. The Bertz CT molecular complexity index is 965. The predicted octanol–water partition coefficient (Wildman–Crippen LogP) is 4.40. The quantitative estimate of drug-likeness (QED) is 0.415. The zero-order valence-electron chi connectivity index (χ0n) is 15.1. The number of carbonyl (C=O) groups is 1. The molecule has 0 saturated heterocycles. The van der Waals surface area contributed by atoms with Crippen LogP contribution in [-0.4, -0.2) is 22.9 Å². The van der Waals surface area contributed by atoms with Crippen LogP contribution in [0.25, 0.3) is 10.9 Å². The van der Waals surface area contributed by atoms with Gasteiger partial charge in [-0.05, 0) is 38.0 Å². The lowest BCUT2D eigenvalue weighted by Crippen LogP contribution is -2.19. The SMILES string of the molecule is Cc1ccc(/C=N/NC(=O)CSc2cc(C)nc3c(C)cccc23)cc1. The largest absolute Gasteiger partial charge is 0.272 e. The lowest BCUT2D eigenvalue weighted by atomic mass is 10.1. The lowest BCUT2D eigenvalue weighted by molar-refractivity contribution is -0.118. The van der Waals surface area contributed by atoms with Crippen molar-refractivity contribution in [3.05, 3.63) is 70.9 Å². The second kappa shape index (κ2) is 8.15. The Balaban J connectivity index is 1.64. The third-order valence-electron chi connectivity index (χ3n) is 3.97. The van der Waals surface area contributed by atoms with Crippen molar-refractivity contribution in [1.82, 2.24) is 10.4 Å². The van der Waals surface area contributed by atoms with Gasteiger partial charge in [-0.2, -0.15) is 5.10 Å². The van der Waals surface area contributed by atoms with Crippen molar-refractivity contribution in [1.29, 1.82) is 0 Å². The number of benzene rings is 2. The summed E-state index contributed by atoms with van der Waals surface area (Å²) in [7, 11) is 0. The summed E-state index contributed by atoms with van der Waals surface area (Å²) in [4.78, 5) is 17.8. The highest BCUT2D eigenvalue weighted by Gasteiger charge is 2.08. The zero-order chi connectivity index (χ0) is 18.5. The van der Waals surface area contributed by atoms with E-state index in [1.165, 1.54) is 17.3 Å². The summed E-state index contributed by atoms with van der Waals surface area (Å²) in [5.74, 6) is 0.172. The molecule has 0 fully saturated rings. The Morgan fingerprint density at radius 1 is 1.15 bits per heavy atom. The molecule has 0 radical (unpaired) electrons. The molecule has 0 aliphatic heterocycles. The molecule has 0 aliphatic rings. The van der Waals surface area contributed by atoms with Gasteiger partial charge in [-0.3, -0.25) is 9.78 Å². The van der Waals surface area contributed by atoms with E-state index in [2.05, 4.69) is 28.5 Å². The minimum absolute atomic E-state index is 0.131. The van der Waals surface area contributed by atoms with E-state index >= 15 is 0 Å². The second-order valence-electron chi connectivity index (χ2n) is 6.23. The number of carbonyl (C=O) groups excluding carboxylic acids is 1. The van der Waals surface area contributed by atoms with E-state index in [4.69, 9.17) is 0 Å². The number of amides is 1. The zero-order valence-corrected chi connectivity index (χ0v) is 15.9. The molecule has 0 saturated carbocycles. The van der Waals surface area contributed by atoms with Gasteiger partial charge in [0, 0.05) is 16.0 Å². The van der Waals surface area contributed by atoms with Gasteiger partial charge in [0.2, 0.25) is 5.91 Å². The maximum Gasteiger partial charge on any atom is 0.250 e. The van der Waals surface area contributed by atoms with Gasteiger partial charge in [0.1, 0.15) is 0 Å². The smallest absolute Gasteiger partial charge is 0.250 e. The van der Waals surface area contributed by atoms with Crippen molar-refractivity contribution in [2.24, 2.45) is 5.10 Å². The number of nitrogens with zero attached hydrogens (tertiary/aromatic N) is 2. The van der Waals surface area contributed by atoms with Gasteiger partial charge in [0.05, 0.1) is 17.5 Å². The molecule has 0 bridgehead atoms. The normalized spacial score (nSPS) is 11.2. The highest BCUT2D eigenvalue weighted by Crippen LogP contribution is 2.29. The van der Waals surface area contributed by atoms with Crippen molar-refractivity contribution < 1.29 is 4.79 Å². The number of thioether (sulfide) groups is 1. The molecule has 0 spiro atoms. The first kappa shape index (κ1) is 18.1. The first-order chi connectivity index (χ1) is 12.5. The molecule has 3 aromatic rings. The van der Waals surface area contributed by atoms with E-state index in [1.807, 2.05) is 56.3 Å². The topological polar surface area (TPSA) is 54.4 Å². The van der Waals surface area contributed by atoms with Crippen molar-refractivity contribution in [2.45, 2.75) is 25.7 Å². The molecule has 3 rings (SSSR count). The van der Waals surface area contributed by atoms with Crippen LogP contribution in [0.4, 0.5) is 0 Å². The number of hydrogen-bond donors (Lipinski definition) is 1. The summed E-state index contributed by atoms with van der Waals surface area (Å²) in [6.07, 6.45) is 1.65. The van der Waals surface area contributed by atoms with Gasteiger partial charge < -0.3 is 0 Å². The summed E-state index contributed by atoms with van der Waals surface area (Å²) in [5, 5.41) is 5.11. The maximum absolute atomic E-state index is 12.1. The van der Waals surface area contributed by atoms with Crippen LogP contribution in [0, 0.1) is 20.8 Å². The fourth-order valence-corrected chi connectivity index (χ4v) is 3.53. The molecule has 2 aromatic carbocycles. The Kier molecular flexibility index (Phi) is 5.68. The molecule has 4 nitrogen and oxygen atoms in total. The standard InChI is InChI=1S/C21H21N3OS/c1-14-7-9-17(10-8-14)12-22-24-20(25)13-26-19-11-16(3)23-21-15(2)5-4-6-18(19)21/h4-12H,13H2,1-3H3,(H,24,25)/b22-12+. The molecule has 1 aromatic heterocycles.